The largest absolute Gasteiger partial charge is 0.378 e. The Labute approximate surface area is 102 Å². The molecular weight excluding hydrogens is 222 g/mol. The lowest BCUT2D eigenvalue weighted by atomic mass is 10.2. The van der Waals surface area contributed by atoms with Crippen LogP contribution in [0.4, 0.5) is 0 Å². The Kier molecular flexibility index (Phi) is 5.93. The van der Waals surface area contributed by atoms with Crippen molar-refractivity contribution in [2.45, 2.75) is 19.9 Å². The molecule has 0 radical (unpaired) electrons. The first-order valence-corrected chi connectivity index (χ1v) is 6.05. The average molecular weight is 243 g/mol. The Hall–Kier alpha value is -1.14. The van der Waals surface area contributed by atoms with Crippen molar-refractivity contribution >= 4 is 11.8 Å². The normalized spacial score (nSPS) is 19.8. The summed E-state index contributed by atoms with van der Waals surface area (Å²) < 4.78 is 5.24. The van der Waals surface area contributed by atoms with Crippen LogP contribution in [-0.4, -0.2) is 62.1 Å². The van der Waals surface area contributed by atoms with Gasteiger partial charge in [-0.15, -0.1) is 0 Å². The zero-order valence-electron chi connectivity index (χ0n) is 10.5. The molecule has 6 heteroatoms. The minimum Gasteiger partial charge on any atom is -0.378 e. The Morgan fingerprint density at radius 3 is 2.76 bits per heavy atom. The lowest BCUT2D eigenvalue weighted by Gasteiger charge is -2.28. The first kappa shape index (κ1) is 13.9. The Balaban J connectivity index is 2.47. The fraction of sp³-hybridized carbons (Fsp3) is 0.818. The van der Waals surface area contributed by atoms with Crippen LogP contribution in [0.15, 0.2) is 0 Å². The SMILES string of the molecule is CCNC(=O)CN(CC)C(=O)C1COCCN1. The van der Waals surface area contributed by atoms with Crippen molar-refractivity contribution in [1.29, 1.82) is 0 Å². The van der Waals surface area contributed by atoms with Crippen LogP contribution in [0.3, 0.4) is 0 Å². The molecule has 1 unspecified atom stereocenters. The topological polar surface area (TPSA) is 70.7 Å². The number of carbonyl (C=O) groups is 2. The number of morpholine rings is 1. The maximum atomic E-state index is 12.1. The highest BCUT2D eigenvalue weighted by Crippen LogP contribution is 2.00. The second kappa shape index (κ2) is 7.24. The summed E-state index contributed by atoms with van der Waals surface area (Å²) in [5, 5.41) is 5.77. The summed E-state index contributed by atoms with van der Waals surface area (Å²) >= 11 is 0. The molecule has 0 aromatic heterocycles. The molecule has 0 spiro atoms. The molecule has 1 rings (SSSR count). The second-order valence-electron chi connectivity index (χ2n) is 3.89. The third-order valence-corrected chi connectivity index (χ3v) is 2.62. The summed E-state index contributed by atoms with van der Waals surface area (Å²) in [4.78, 5) is 25.1. The van der Waals surface area contributed by atoms with E-state index in [4.69, 9.17) is 4.74 Å². The van der Waals surface area contributed by atoms with Gasteiger partial charge >= 0.3 is 0 Å². The van der Waals surface area contributed by atoms with Crippen molar-refractivity contribution in [3.63, 3.8) is 0 Å². The number of ether oxygens (including phenoxy) is 1. The molecule has 98 valence electrons. The molecule has 1 aliphatic heterocycles. The zero-order valence-corrected chi connectivity index (χ0v) is 10.5. The molecule has 1 saturated heterocycles. The molecule has 1 atom stereocenters. The third-order valence-electron chi connectivity index (χ3n) is 2.62. The second-order valence-corrected chi connectivity index (χ2v) is 3.89. The average Bonchev–Trinajstić information content (AvgIpc) is 2.36. The number of rotatable bonds is 5. The summed E-state index contributed by atoms with van der Waals surface area (Å²) in [6.07, 6.45) is 0. The molecule has 0 aliphatic carbocycles. The number of hydrogen-bond donors (Lipinski definition) is 2. The van der Waals surface area contributed by atoms with E-state index in [-0.39, 0.29) is 24.4 Å². The van der Waals surface area contributed by atoms with Gasteiger partial charge in [0.25, 0.3) is 0 Å². The van der Waals surface area contributed by atoms with Crippen LogP contribution < -0.4 is 10.6 Å². The van der Waals surface area contributed by atoms with Gasteiger partial charge in [-0.25, -0.2) is 0 Å². The van der Waals surface area contributed by atoms with Crippen molar-refractivity contribution in [1.82, 2.24) is 15.5 Å². The highest BCUT2D eigenvalue weighted by molar-refractivity contribution is 5.87. The van der Waals surface area contributed by atoms with E-state index in [0.717, 1.165) is 0 Å². The first-order chi connectivity index (χ1) is 8.19. The highest BCUT2D eigenvalue weighted by atomic mass is 16.5. The maximum absolute atomic E-state index is 12.1. The van der Waals surface area contributed by atoms with E-state index in [1.807, 2.05) is 13.8 Å². The molecule has 1 fully saturated rings. The molecular formula is C11H21N3O3. The van der Waals surface area contributed by atoms with E-state index in [1.165, 1.54) is 4.90 Å². The van der Waals surface area contributed by atoms with Crippen molar-refractivity contribution in [3.05, 3.63) is 0 Å². The Bertz CT molecular complexity index is 265. The fourth-order valence-corrected chi connectivity index (χ4v) is 1.72. The van der Waals surface area contributed by atoms with E-state index in [0.29, 0.717) is 32.8 Å². The fourth-order valence-electron chi connectivity index (χ4n) is 1.72. The molecule has 0 saturated carbocycles. The van der Waals surface area contributed by atoms with Gasteiger partial charge < -0.3 is 20.3 Å². The minimum atomic E-state index is -0.321. The Morgan fingerprint density at radius 1 is 1.47 bits per heavy atom. The van der Waals surface area contributed by atoms with Crippen molar-refractivity contribution in [3.8, 4) is 0 Å². The van der Waals surface area contributed by atoms with Crippen LogP contribution in [0.2, 0.25) is 0 Å². The minimum absolute atomic E-state index is 0.0709. The number of carbonyl (C=O) groups excluding carboxylic acids is 2. The van der Waals surface area contributed by atoms with Crippen LogP contribution in [-0.2, 0) is 14.3 Å². The molecule has 6 nitrogen and oxygen atoms in total. The van der Waals surface area contributed by atoms with Gasteiger partial charge in [0.05, 0.1) is 19.8 Å². The van der Waals surface area contributed by atoms with E-state index < -0.39 is 0 Å². The van der Waals surface area contributed by atoms with Gasteiger partial charge in [-0.05, 0) is 13.8 Å². The van der Waals surface area contributed by atoms with Gasteiger partial charge in [-0.3, -0.25) is 9.59 Å². The predicted molar refractivity (Wildman–Crippen MR) is 63.5 cm³/mol. The molecule has 0 aromatic carbocycles. The monoisotopic (exact) mass is 243 g/mol. The Morgan fingerprint density at radius 2 is 2.24 bits per heavy atom. The summed E-state index contributed by atoms with van der Waals surface area (Å²) in [5.74, 6) is -0.196. The van der Waals surface area contributed by atoms with Crippen LogP contribution >= 0.6 is 0 Å². The summed E-state index contributed by atoms with van der Waals surface area (Å²) in [6, 6.07) is -0.321. The molecule has 2 N–H and O–H groups in total. The number of likely N-dealkylation sites (N-methyl/N-ethyl adjacent to an activating group) is 2. The van der Waals surface area contributed by atoms with Crippen LogP contribution in [0.1, 0.15) is 13.8 Å². The van der Waals surface area contributed by atoms with Crippen molar-refractivity contribution < 1.29 is 14.3 Å². The van der Waals surface area contributed by atoms with Gasteiger partial charge in [-0.2, -0.15) is 0 Å². The summed E-state index contributed by atoms with van der Waals surface area (Å²) in [5.41, 5.74) is 0. The third kappa shape index (κ3) is 4.32. The van der Waals surface area contributed by atoms with E-state index in [2.05, 4.69) is 10.6 Å². The quantitative estimate of drug-likeness (QED) is 0.647. The summed E-state index contributed by atoms with van der Waals surface area (Å²) in [7, 11) is 0. The van der Waals surface area contributed by atoms with Gasteiger partial charge in [-0.1, -0.05) is 0 Å². The van der Waals surface area contributed by atoms with Crippen molar-refractivity contribution in [2.75, 3.05) is 39.4 Å². The zero-order chi connectivity index (χ0) is 12.7. The lowest BCUT2D eigenvalue weighted by Crippen LogP contribution is -2.54. The maximum Gasteiger partial charge on any atom is 0.242 e. The number of amides is 2. The van der Waals surface area contributed by atoms with Crippen LogP contribution in [0, 0.1) is 0 Å². The number of nitrogens with one attached hydrogen (secondary N) is 2. The van der Waals surface area contributed by atoms with Gasteiger partial charge in [0, 0.05) is 19.6 Å². The van der Waals surface area contributed by atoms with Crippen LogP contribution in [0.25, 0.3) is 0 Å². The predicted octanol–water partition coefficient (Wildman–Crippen LogP) is -1.04. The van der Waals surface area contributed by atoms with Gasteiger partial charge in [0.2, 0.25) is 11.8 Å². The molecule has 0 aromatic rings. The smallest absolute Gasteiger partial charge is 0.242 e. The van der Waals surface area contributed by atoms with Crippen molar-refractivity contribution in [2.24, 2.45) is 0 Å². The molecule has 17 heavy (non-hydrogen) atoms. The molecule has 1 heterocycles. The standard InChI is InChI=1S/C11H21N3O3/c1-3-12-10(15)7-14(4-2)11(16)9-8-17-6-5-13-9/h9,13H,3-8H2,1-2H3,(H,12,15). The van der Waals surface area contributed by atoms with Gasteiger partial charge in [0.15, 0.2) is 0 Å². The number of hydrogen-bond acceptors (Lipinski definition) is 4. The molecule has 1 aliphatic rings. The van der Waals surface area contributed by atoms with E-state index in [1.54, 1.807) is 0 Å². The molecule has 2 amide bonds. The van der Waals surface area contributed by atoms with E-state index >= 15 is 0 Å². The van der Waals surface area contributed by atoms with Crippen LogP contribution in [0.5, 0.6) is 0 Å². The highest BCUT2D eigenvalue weighted by Gasteiger charge is 2.26. The number of nitrogens with zero attached hydrogens (tertiary/aromatic N) is 1. The summed E-state index contributed by atoms with van der Waals surface area (Å²) in [6.45, 7) is 6.62. The lowest BCUT2D eigenvalue weighted by molar-refractivity contribution is -0.139. The molecule has 0 bridgehead atoms. The van der Waals surface area contributed by atoms with E-state index in [9.17, 15) is 9.59 Å². The van der Waals surface area contributed by atoms with Gasteiger partial charge in [0.1, 0.15) is 6.04 Å². The first-order valence-electron chi connectivity index (χ1n) is 6.05.